The first kappa shape index (κ1) is 19.0. The van der Waals surface area contributed by atoms with Crippen molar-refractivity contribution >= 4 is 11.7 Å². The van der Waals surface area contributed by atoms with Crippen molar-refractivity contribution in [3.8, 4) is 0 Å². The number of anilines is 1. The molecular formula is C18H22F3N3O. The Hall–Kier alpha value is -2.31. The molecule has 0 saturated carbocycles. The molecule has 1 heterocycles. The van der Waals surface area contributed by atoms with Crippen molar-refractivity contribution in [3.63, 3.8) is 0 Å². The zero-order chi connectivity index (χ0) is 18.6. The van der Waals surface area contributed by atoms with Crippen LogP contribution in [0, 0.1) is 12.8 Å². The Kier molecular flexibility index (Phi) is 5.87. The van der Waals surface area contributed by atoms with Gasteiger partial charge in [-0.15, -0.1) is 0 Å². The smallest absolute Gasteiger partial charge is 0.309 e. The minimum atomic E-state index is -4.37. The lowest BCUT2D eigenvalue weighted by Gasteiger charge is -2.11. The Labute approximate surface area is 145 Å². The molecule has 1 N–H and O–H groups in total. The molecule has 1 aromatic carbocycles. The van der Waals surface area contributed by atoms with Crippen molar-refractivity contribution in [2.45, 2.75) is 46.3 Å². The predicted molar refractivity (Wildman–Crippen MR) is 90.2 cm³/mol. The van der Waals surface area contributed by atoms with Crippen LogP contribution in [0.1, 0.15) is 43.5 Å². The summed E-state index contributed by atoms with van der Waals surface area (Å²) < 4.78 is 40.0. The molecule has 0 aliphatic carbocycles. The molecule has 1 amide bonds. The lowest BCUT2D eigenvalue weighted by Crippen LogP contribution is -2.22. The predicted octanol–water partition coefficient (Wildman–Crippen LogP) is 4.63. The second-order valence-corrected chi connectivity index (χ2v) is 6.03. The summed E-state index contributed by atoms with van der Waals surface area (Å²) >= 11 is 0. The zero-order valence-corrected chi connectivity index (χ0v) is 14.5. The molecule has 2 aromatic rings. The van der Waals surface area contributed by atoms with Crippen LogP contribution in [-0.4, -0.2) is 15.7 Å². The number of alkyl halides is 3. The Morgan fingerprint density at radius 1 is 1.24 bits per heavy atom. The molecular weight excluding hydrogens is 331 g/mol. The van der Waals surface area contributed by atoms with Crippen molar-refractivity contribution in [2.75, 3.05) is 5.32 Å². The summed E-state index contributed by atoms with van der Waals surface area (Å²) in [5.74, 6) is 0.254. The normalized spacial score (nSPS) is 11.8. The minimum Gasteiger partial charge on any atom is -0.309 e. The zero-order valence-electron chi connectivity index (χ0n) is 14.5. The van der Waals surface area contributed by atoms with Gasteiger partial charge in [0.2, 0.25) is 5.91 Å². The summed E-state index contributed by atoms with van der Waals surface area (Å²) in [4.78, 5) is 12.1. The number of amides is 1. The van der Waals surface area contributed by atoms with Crippen molar-refractivity contribution in [3.05, 3.63) is 47.2 Å². The fourth-order valence-corrected chi connectivity index (χ4v) is 2.64. The quantitative estimate of drug-likeness (QED) is 0.823. The molecule has 1 aromatic heterocycles. The van der Waals surface area contributed by atoms with E-state index >= 15 is 0 Å². The molecule has 0 atom stereocenters. The van der Waals surface area contributed by atoms with Crippen LogP contribution in [0.15, 0.2) is 30.3 Å². The number of hydrogen-bond donors (Lipinski definition) is 1. The van der Waals surface area contributed by atoms with Gasteiger partial charge in [-0.2, -0.15) is 18.3 Å². The maximum absolute atomic E-state index is 12.8. The van der Waals surface area contributed by atoms with Crippen molar-refractivity contribution < 1.29 is 18.0 Å². The monoisotopic (exact) mass is 353 g/mol. The maximum Gasteiger partial charge on any atom is 0.416 e. The molecule has 0 bridgehead atoms. The Bertz CT molecular complexity index is 733. The number of carbonyl (C=O) groups is 1. The average molecular weight is 353 g/mol. The van der Waals surface area contributed by atoms with Crippen LogP contribution in [0.2, 0.25) is 0 Å². The Balaban J connectivity index is 2.14. The van der Waals surface area contributed by atoms with Gasteiger partial charge in [0.15, 0.2) is 5.82 Å². The molecule has 0 saturated heterocycles. The van der Waals surface area contributed by atoms with Crippen LogP contribution in [0.3, 0.4) is 0 Å². The molecule has 0 aliphatic heterocycles. The van der Waals surface area contributed by atoms with Gasteiger partial charge in [0.1, 0.15) is 0 Å². The third kappa shape index (κ3) is 4.84. The SMILES string of the molecule is CCC(CC)C(=O)Nc1cc(C)n(Cc2cccc(C(F)(F)F)c2)n1. The van der Waals surface area contributed by atoms with Gasteiger partial charge < -0.3 is 5.32 Å². The number of rotatable bonds is 6. The number of carbonyl (C=O) groups excluding carboxylic acids is 1. The van der Waals surface area contributed by atoms with Gasteiger partial charge in [-0.05, 0) is 37.5 Å². The molecule has 2 rings (SSSR count). The van der Waals surface area contributed by atoms with E-state index in [1.54, 1.807) is 23.7 Å². The van der Waals surface area contributed by atoms with Crippen LogP contribution < -0.4 is 5.32 Å². The molecule has 0 fully saturated rings. The maximum atomic E-state index is 12.8. The van der Waals surface area contributed by atoms with Gasteiger partial charge in [-0.25, -0.2) is 0 Å². The molecule has 25 heavy (non-hydrogen) atoms. The summed E-state index contributed by atoms with van der Waals surface area (Å²) in [6.07, 6.45) is -2.89. The van der Waals surface area contributed by atoms with Crippen LogP contribution >= 0.6 is 0 Å². The highest BCUT2D eigenvalue weighted by Gasteiger charge is 2.30. The van der Waals surface area contributed by atoms with Gasteiger partial charge in [0, 0.05) is 17.7 Å². The Morgan fingerprint density at radius 3 is 2.52 bits per heavy atom. The first-order valence-electron chi connectivity index (χ1n) is 8.26. The van der Waals surface area contributed by atoms with Crippen molar-refractivity contribution in [1.29, 1.82) is 0 Å². The van der Waals surface area contributed by atoms with Crippen LogP contribution in [-0.2, 0) is 17.5 Å². The highest BCUT2D eigenvalue weighted by molar-refractivity contribution is 5.91. The summed E-state index contributed by atoms with van der Waals surface area (Å²) in [7, 11) is 0. The van der Waals surface area contributed by atoms with Crippen LogP contribution in [0.4, 0.5) is 19.0 Å². The van der Waals surface area contributed by atoms with Gasteiger partial charge in [0.25, 0.3) is 0 Å². The average Bonchev–Trinajstić information content (AvgIpc) is 2.87. The van der Waals surface area contributed by atoms with E-state index in [1.807, 2.05) is 13.8 Å². The van der Waals surface area contributed by atoms with Crippen molar-refractivity contribution in [1.82, 2.24) is 9.78 Å². The first-order chi connectivity index (χ1) is 11.7. The minimum absolute atomic E-state index is 0.0751. The summed E-state index contributed by atoms with van der Waals surface area (Å²) in [5, 5.41) is 7.07. The summed E-state index contributed by atoms with van der Waals surface area (Å²) in [6.45, 7) is 5.90. The standard InChI is InChI=1S/C18H22F3N3O/c1-4-14(5-2)17(25)22-16-9-12(3)24(23-16)11-13-7-6-8-15(10-13)18(19,20)21/h6-10,14H,4-5,11H2,1-3H3,(H,22,23,25). The van der Waals surface area contributed by atoms with E-state index in [0.717, 1.165) is 30.7 Å². The number of hydrogen-bond acceptors (Lipinski definition) is 2. The third-order valence-electron chi connectivity index (χ3n) is 4.18. The fourth-order valence-electron chi connectivity index (χ4n) is 2.64. The molecule has 0 aliphatic rings. The lowest BCUT2D eigenvalue weighted by atomic mass is 10.0. The van der Waals surface area contributed by atoms with E-state index in [4.69, 9.17) is 0 Å². The number of aromatic nitrogens is 2. The van der Waals surface area contributed by atoms with E-state index in [0.29, 0.717) is 11.4 Å². The number of benzene rings is 1. The van der Waals surface area contributed by atoms with Gasteiger partial charge in [-0.3, -0.25) is 9.48 Å². The van der Waals surface area contributed by atoms with E-state index in [2.05, 4.69) is 10.4 Å². The van der Waals surface area contributed by atoms with E-state index in [1.165, 1.54) is 6.07 Å². The van der Waals surface area contributed by atoms with Gasteiger partial charge in [0.05, 0.1) is 12.1 Å². The Morgan fingerprint density at radius 2 is 1.92 bits per heavy atom. The van der Waals surface area contributed by atoms with E-state index < -0.39 is 11.7 Å². The van der Waals surface area contributed by atoms with Crippen molar-refractivity contribution in [2.24, 2.45) is 5.92 Å². The molecule has 4 nitrogen and oxygen atoms in total. The number of halogens is 3. The van der Waals surface area contributed by atoms with Crippen LogP contribution in [0.5, 0.6) is 0 Å². The summed E-state index contributed by atoms with van der Waals surface area (Å²) in [6, 6.07) is 6.88. The van der Waals surface area contributed by atoms with Gasteiger partial charge in [-0.1, -0.05) is 26.0 Å². The third-order valence-corrected chi connectivity index (χ3v) is 4.18. The molecule has 0 unspecified atom stereocenters. The number of aryl methyl sites for hydroxylation is 1. The molecule has 7 heteroatoms. The van der Waals surface area contributed by atoms with Gasteiger partial charge >= 0.3 is 6.18 Å². The second-order valence-electron chi connectivity index (χ2n) is 6.03. The lowest BCUT2D eigenvalue weighted by molar-refractivity contribution is -0.137. The van der Waals surface area contributed by atoms with E-state index in [-0.39, 0.29) is 18.4 Å². The highest BCUT2D eigenvalue weighted by Crippen LogP contribution is 2.29. The first-order valence-corrected chi connectivity index (χ1v) is 8.26. The molecule has 136 valence electrons. The molecule has 0 spiro atoms. The summed E-state index contributed by atoms with van der Waals surface area (Å²) in [5.41, 5.74) is 0.577. The molecule has 0 radical (unpaired) electrons. The second kappa shape index (κ2) is 7.72. The number of nitrogens with one attached hydrogen (secondary N) is 1. The topological polar surface area (TPSA) is 46.9 Å². The largest absolute Gasteiger partial charge is 0.416 e. The van der Waals surface area contributed by atoms with E-state index in [9.17, 15) is 18.0 Å². The number of nitrogens with zero attached hydrogens (tertiary/aromatic N) is 2. The highest BCUT2D eigenvalue weighted by atomic mass is 19.4. The van der Waals surface area contributed by atoms with Crippen LogP contribution in [0.25, 0.3) is 0 Å². The fraction of sp³-hybridized carbons (Fsp3) is 0.444.